The van der Waals surface area contributed by atoms with Crippen molar-refractivity contribution in [3.63, 3.8) is 0 Å². The van der Waals surface area contributed by atoms with Crippen LogP contribution in [-0.2, 0) is 9.47 Å². The fourth-order valence-corrected chi connectivity index (χ4v) is 4.11. The number of hydrogen-bond acceptors (Lipinski definition) is 6. The Bertz CT molecular complexity index is 932. The molecule has 1 aromatic carbocycles. The number of hydrogen-bond donors (Lipinski definition) is 1. The van der Waals surface area contributed by atoms with E-state index in [0.29, 0.717) is 5.56 Å². The van der Waals surface area contributed by atoms with Crippen LogP contribution in [-0.4, -0.2) is 30.1 Å². The molecule has 0 saturated carbocycles. The molecular formula is C20H21Cl2NO5S. The third-order valence-corrected chi connectivity index (χ3v) is 5.46. The van der Waals surface area contributed by atoms with E-state index in [2.05, 4.69) is 5.32 Å². The van der Waals surface area contributed by atoms with E-state index < -0.39 is 17.8 Å². The topological polar surface area (TPSA) is 81.7 Å². The zero-order chi connectivity index (χ0) is 21.9. The van der Waals surface area contributed by atoms with Crippen molar-refractivity contribution < 1.29 is 23.9 Å². The molecule has 1 amide bonds. The van der Waals surface area contributed by atoms with Gasteiger partial charge < -0.3 is 14.8 Å². The average Bonchev–Trinajstić information content (AvgIpc) is 2.89. The summed E-state index contributed by atoms with van der Waals surface area (Å²) < 4.78 is 10.5. The molecule has 0 atom stereocenters. The number of carbonyl (C=O) groups is 3. The number of thiophene rings is 1. The second-order valence-corrected chi connectivity index (χ2v) is 8.55. The molecule has 0 saturated heterocycles. The molecule has 0 unspecified atom stereocenters. The van der Waals surface area contributed by atoms with Crippen molar-refractivity contribution in [3.8, 4) is 0 Å². The van der Waals surface area contributed by atoms with Gasteiger partial charge in [0, 0.05) is 0 Å². The Hall–Kier alpha value is -2.09. The Labute approximate surface area is 183 Å². The van der Waals surface area contributed by atoms with Crippen molar-refractivity contribution in [1.29, 1.82) is 0 Å². The quantitative estimate of drug-likeness (QED) is 0.558. The summed E-state index contributed by atoms with van der Waals surface area (Å²) in [5.41, 5.74) is 0.527. The summed E-state index contributed by atoms with van der Waals surface area (Å²) in [5.74, 6) is -1.85. The van der Waals surface area contributed by atoms with Gasteiger partial charge in [-0.05, 0) is 52.3 Å². The van der Waals surface area contributed by atoms with Gasteiger partial charge in [0.1, 0.15) is 9.88 Å². The maximum absolute atomic E-state index is 12.8. The first-order valence-electron chi connectivity index (χ1n) is 8.83. The normalized spacial score (nSPS) is 10.9. The third kappa shape index (κ3) is 5.50. The van der Waals surface area contributed by atoms with Crippen LogP contribution in [0.5, 0.6) is 0 Å². The highest BCUT2D eigenvalue weighted by Crippen LogP contribution is 2.36. The SMILES string of the molecule is Cc1c(C(=O)OC(C)C)sc(NC(=O)c2c(Cl)cccc2Cl)c1C(=O)OC(C)C. The summed E-state index contributed by atoms with van der Waals surface area (Å²) in [6.07, 6.45) is -0.718. The molecule has 0 aliphatic heterocycles. The largest absolute Gasteiger partial charge is 0.459 e. The predicted molar refractivity (Wildman–Crippen MR) is 115 cm³/mol. The molecular weight excluding hydrogens is 437 g/mol. The van der Waals surface area contributed by atoms with Crippen molar-refractivity contribution in [2.45, 2.75) is 46.8 Å². The number of halogens is 2. The highest BCUT2D eigenvalue weighted by atomic mass is 35.5. The molecule has 0 radical (unpaired) electrons. The van der Waals surface area contributed by atoms with Crippen molar-refractivity contribution in [2.75, 3.05) is 5.32 Å². The lowest BCUT2D eigenvalue weighted by Crippen LogP contribution is -2.17. The number of anilines is 1. The summed E-state index contributed by atoms with van der Waals surface area (Å²) in [6, 6.07) is 4.67. The predicted octanol–water partition coefficient (Wildman–Crippen LogP) is 5.75. The number of carbonyl (C=O) groups excluding carboxylic acids is 3. The third-order valence-electron chi connectivity index (χ3n) is 3.64. The molecule has 6 nitrogen and oxygen atoms in total. The van der Waals surface area contributed by atoms with Crippen molar-refractivity contribution >= 4 is 57.4 Å². The van der Waals surface area contributed by atoms with E-state index in [1.165, 1.54) is 12.1 Å². The fraction of sp³-hybridized carbons (Fsp3) is 0.350. The standard InChI is InChI=1S/C20H21Cl2NO5S/c1-9(2)27-19(25)14-11(5)16(20(26)28-10(3)4)29-18(14)23-17(24)15-12(21)7-6-8-13(15)22/h6-10H,1-5H3,(H,23,24). The second-order valence-electron chi connectivity index (χ2n) is 6.72. The van der Waals surface area contributed by atoms with Gasteiger partial charge in [0.15, 0.2) is 0 Å². The number of amides is 1. The first kappa shape index (κ1) is 23.2. The summed E-state index contributed by atoms with van der Waals surface area (Å²) in [5, 5.41) is 3.11. The molecule has 156 valence electrons. The van der Waals surface area contributed by atoms with Crippen molar-refractivity contribution in [3.05, 3.63) is 49.8 Å². The first-order valence-corrected chi connectivity index (χ1v) is 10.4. The lowest BCUT2D eigenvalue weighted by Gasteiger charge is -2.11. The van der Waals surface area contributed by atoms with Crippen LogP contribution in [0, 0.1) is 6.92 Å². The Kier molecular flexibility index (Phi) is 7.68. The van der Waals surface area contributed by atoms with Crippen LogP contribution in [0.15, 0.2) is 18.2 Å². The first-order chi connectivity index (χ1) is 13.5. The van der Waals surface area contributed by atoms with Crippen LogP contribution >= 0.6 is 34.5 Å². The number of rotatable bonds is 6. The van der Waals surface area contributed by atoms with Crippen LogP contribution in [0.3, 0.4) is 0 Å². The Morgan fingerprint density at radius 2 is 1.45 bits per heavy atom. The van der Waals surface area contributed by atoms with Gasteiger partial charge >= 0.3 is 11.9 Å². The Morgan fingerprint density at radius 1 is 0.931 bits per heavy atom. The van der Waals surface area contributed by atoms with Gasteiger partial charge in [-0.2, -0.15) is 0 Å². The van der Waals surface area contributed by atoms with Crippen LogP contribution in [0.1, 0.15) is 63.6 Å². The van der Waals surface area contributed by atoms with Gasteiger partial charge in [-0.3, -0.25) is 4.79 Å². The van der Waals surface area contributed by atoms with Crippen molar-refractivity contribution in [1.82, 2.24) is 0 Å². The smallest absolute Gasteiger partial charge is 0.348 e. The number of esters is 2. The lowest BCUT2D eigenvalue weighted by atomic mass is 10.1. The van der Waals surface area contributed by atoms with Crippen LogP contribution < -0.4 is 5.32 Å². The van der Waals surface area contributed by atoms with E-state index >= 15 is 0 Å². The molecule has 1 N–H and O–H groups in total. The van der Waals surface area contributed by atoms with Crippen molar-refractivity contribution in [2.24, 2.45) is 0 Å². The van der Waals surface area contributed by atoms with Gasteiger partial charge in [-0.1, -0.05) is 29.3 Å². The van der Waals surface area contributed by atoms with E-state index in [-0.39, 0.29) is 43.3 Å². The van der Waals surface area contributed by atoms with E-state index in [9.17, 15) is 14.4 Å². The number of ether oxygens (including phenoxy) is 2. The molecule has 2 aromatic rings. The number of benzene rings is 1. The van der Waals surface area contributed by atoms with E-state index in [0.717, 1.165) is 11.3 Å². The molecule has 0 aliphatic rings. The Balaban J connectivity index is 2.49. The molecule has 1 aromatic heterocycles. The molecule has 0 spiro atoms. The second kappa shape index (κ2) is 9.61. The van der Waals surface area contributed by atoms with E-state index in [1.54, 1.807) is 40.7 Å². The molecule has 0 fully saturated rings. The summed E-state index contributed by atoms with van der Waals surface area (Å²) in [6.45, 7) is 8.45. The minimum absolute atomic E-state index is 0.0661. The molecule has 0 bridgehead atoms. The lowest BCUT2D eigenvalue weighted by molar-refractivity contribution is 0.0378. The monoisotopic (exact) mass is 457 g/mol. The molecule has 9 heteroatoms. The van der Waals surface area contributed by atoms with Gasteiger partial charge in [0.05, 0.1) is 33.4 Å². The highest BCUT2D eigenvalue weighted by molar-refractivity contribution is 7.18. The van der Waals surface area contributed by atoms with Gasteiger partial charge in [-0.15, -0.1) is 11.3 Å². The molecule has 2 rings (SSSR count). The van der Waals surface area contributed by atoms with Gasteiger partial charge in [0.2, 0.25) is 0 Å². The summed E-state index contributed by atoms with van der Waals surface area (Å²) in [4.78, 5) is 38.1. The van der Waals surface area contributed by atoms with Crippen LogP contribution in [0.25, 0.3) is 0 Å². The maximum Gasteiger partial charge on any atom is 0.348 e. The van der Waals surface area contributed by atoms with Crippen LogP contribution in [0.4, 0.5) is 5.00 Å². The van der Waals surface area contributed by atoms with Gasteiger partial charge in [-0.25, -0.2) is 9.59 Å². The molecule has 29 heavy (non-hydrogen) atoms. The zero-order valence-corrected chi connectivity index (χ0v) is 18.9. The molecule has 1 heterocycles. The zero-order valence-electron chi connectivity index (χ0n) is 16.6. The summed E-state index contributed by atoms with van der Waals surface area (Å²) in [7, 11) is 0. The highest BCUT2D eigenvalue weighted by Gasteiger charge is 2.29. The van der Waals surface area contributed by atoms with Crippen LogP contribution in [0.2, 0.25) is 10.0 Å². The van der Waals surface area contributed by atoms with Gasteiger partial charge in [0.25, 0.3) is 5.91 Å². The van der Waals surface area contributed by atoms with E-state index in [1.807, 2.05) is 0 Å². The molecule has 0 aliphatic carbocycles. The fourth-order valence-electron chi connectivity index (χ4n) is 2.46. The van der Waals surface area contributed by atoms with E-state index in [4.69, 9.17) is 32.7 Å². The maximum atomic E-state index is 12.8. The number of nitrogens with one attached hydrogen (secondary N) is 1. The summed E-state index contributed by atoms with van der Waals surface area (Å²) >= 11 is 13.1. The Morgan fingerprint density at radius 3 is 1.97 bits per heavy atom. The minimum Gasteiger partial charge on any atom is -0.459 e. The average molecular weight is 458 g/mol. The minimum atomic E-state index is -0.655.